The summed E-state index contributed by atoms with van der Waals surface area (Å²) in [5.41, 5.74) is 7.22. The summed E-state index contributed by atoms with van der Waals surface area (Å²) in [6.45, 7) is 2.20. The topological polar surface area (TPSA) is 77.5 Å². The van der Waals surface area contributed by atoms with Crippen molar-refractivity contribution in [1.82, 2.24) is 5.32 Å². The molecule has 0 aliphatic carbocycles. The average Bonchev–Trinajstić information content (AvgIpc) is 2.88. The van der Waals surface area contributed by atoms with Crippen LogP contribution in [0.5, 0.6) is 5.75 Å². The van der Waals surface area contributed by atoms with Gasteiger partial charge in [-0.3, -0.25) is 4.79 Å². The van der Waals surface area contributed by atoms with Gasteiger partial charge in [0.05, 0.1) is 12.8 Å². The second-order valence-corrected chi connectivity index (χ2v) is 4.17. The molecule has 19 heavy (non-hydrogen) atoms. The molecule has 0 radical (unpaired) electrons. The molecule has 1 heterocycles. The number of carbonyl (C=O) groups is 1. The van der Waals surface area contributed by atoms with Crippen LogP contribution in [0.1, 0.15) is 11.3 Å². The van der Waals surface area contributed by atoms with Crippen LogP contribution in [0, 0.1) is 6.92 Å². The SMILES string of the molecule is Cc1cc(N)ccc1OCC(=O)NCc1ccco1. The van der Waals surface area contributed by atoms with E-state index >= 15 is 0 Å². The molecule has 0 bridgehead atoms. The fourth-order valence-electron chi connectivity index (χ4n) is 1.63. The van der Waals surface area contributed by atoms with Crippen LogP contribution in [-0.2, 0) is 11.3 Å². The molecule has 0 atom stereocenters. The number of furan rings is 1. The summed E-state index contributed by atoms with van der Waals surface area (Å²) in [6, 6.07) is 8.87. The van der Waals surface area contributed by atoms with Gasteiger partial charge in [-0.15, -0.1) is 0 Å². The third-order valence-corrected chi connectivity index (χ3v) is 2.60. The summed E-state index contributed by atoms with van der Waals surface area (Å²) in [4.78, 5) is 11.6. The van der Waals surface area contributed by atoms with Crippen molar-refractivity contribution >= 4 is 11.6 Å². The van der Waals surface area contributed by atoms with Gasteiger partial charge in [-0.05, 0) is 42.8 Å². The van der Waals surface area contributed by atoms with E-state index in [4.69, 9.17) is 14.9 Å². The molecule has 2 aromatic rings. The van der Waals surface area contributed by atoms with Crippen LogP contribution >= 0.6 is 0 Å². The van der Waals surface area contributed by atoms with Crippen LogP contribution in [0.25, 0.3) is 0 Å². The van der Waals surface area contributed by atoms with Crippen molar-refractivity contribution in [3.05, 3.63) is 47.9 Å². The molecule has 0 spiro atoms. The lowest BCUT2D eigenvalue weighted by Gasteiger charge is -2.09. The number of nitrogens with two attached hydrogens (primary N) is 1. The molecular weight excluding hydrogens is 244 g/mol. The first-order valence-electron chi connectivity index (χ1n) is 5.93. The Balaban J connectivity index is 1.80. The molecule has 0 aliphatic rings. The fraction of sp³-hybridized carbons (Fsp3) is 0.214. The lowest BCUT2D eigenvalue weighted by Crippen LogP contribution is -2.28. The van der Waals surface area contributed by atoms with E-state index in [2.05, 4.69) is 5.32 Å². The van der Waals surface area contributed by atoms with Gasteiger partial charge < -0.3 is 20.2 Å². The summed E-state index contributed by atoms with van der Waals surface area (Å²) in [7, 11) is 0. The number of amides is 1. The molecule has 0 saturated carbocycles. The Morgan fingerprint density at radius 1 is 1.42 bits per heavy atom. The highest BCUT2D eigenvalue weighted by Gasteiger charge is 2.05. The molecule has 3 N–H and O–H groups in total. The smallest absolute Gasteiger partial charge is 0.258 e. The van der Waals surface area contributed by atoms with E-state index in [9.17, 15) is 4.79 Å². The summed E-state index contributed by atoms with van der Waals surface area (Å²) in [5.74, 6) is 1.16. The maximum absolute atomic E-state index is 11.6. The van der Waals surface area contributed by atoms with E-state index in [0.717, 1.165) is 5.56 Å². The van der Waals surface area contributed by atoms with Gasteiger partial charge in [0.25, 0.3) is 5.91 Å². The van der Waals surface area contributed by atoms with Crippen molar-refractivity contribution in [3.8, 4) is 5.75 Å². The summed E-state index contributed by atoms with van der Waals surface area (Å²) in [6.07, 6.45) is 1.57. The van der Waals surface area contributed by atoms with Crippen molar-refractivity contribution in [3.63, 3.8) is 0 Å². The second kappa shape index (κ2) is 5.95. The van der Waals surface area contributed by atoms with Crippen molar-refractivity contribution in [1.29, 1.82) is 0 Å². The molecule has 0 fully saturated rings. The molecule has 1 aromatic carbocycles. The number of nitrogens with one attached hydrogen (secondary N) is 1. The largest absolute Gasteiger partial charge is 0.484 e. The fourth-order valence-corrected chi connectivity index (χ4v) is 1.63. The molecular formula is C14H16N2O3. The minimum atomic E-state index is -0.201. The number of anilines is 1. The minimum absolute atomic E-state index is 0.0362. The van der Waals surface area contributed by atoms with Crippen molar-refractivity contribution < 1.29 is 13.9 Å². The first kappa shape index (κ1) is 13.0. The molecule has 0 saturated heterocycles. The van der Waals surface area contributed by atoms with Crippen LogP contribution in [-0.4, -0.2) is 12.5 Å². The second-order valence-electron chi connectivity index (χ2n) is 4.17. The minimum Gasteiger partial charge on any atom is -0.484 e. The van der Waals surface area contributed by atoms with Crippen molar-refractivity contribution in [2.75, 3.05) is 12.3 Å². The lowest BCUT2D eigenvalue weighted by molar-refractivity contribution is -0.123. The predicted octanol–water partition coefficient (Wildman–Crippen LogP) is 1.87. The van der Waals surface area contributed by atoms with Gasteiger partial charge in [0, 0.05) is 5.69 Å². The number of ether oxygens (including phenoxy) is 1. The van der Waals surface area contributed by atoms with E-state index in [1.54, 1.807) is 36.6 Å². The zero-order valence-corrected chi connectivity index (χ0v) is 10.7. The first-order chi connectivity index (χ1) is 9.15. The highest BCUT2D eigenvalue weighted by molar-refractivity contribution is 5.77. The Bertz CT molecular complexity index is 550. The average molecular weight is 260 g/mol. The predicted molar refractivity (Wildman–Crippen MR) is 71.6 cm³/mol. The Morgan fingerprint density at radius 3 is 2.95 bits per heavy atom. The number of hydrogen-bond acceptors (Lipinski definition) is 4. The molecule has 0 unspecified atom stereocenters. The highest BCUT2D eigenvalue weighted by atomic mass is 16.5. The monoisotopic (exact) mass is 260 g/mol. The van der Waals surface area contributed by atoms with Gasteiger partial charge in [-0.1, -0.05) is 0 Å². The van der Waals surface area contributed by atoms with Crippen LogP contribution in [0.15, 0.2) is 41.0 Å². The standard InChI is InChI=1S/C14H16N2O3/c1-10-7-11(15)4-5-13(10)19-9-14(17)16-8-12-3-2-6-18-12/h2-7H,8-9,15H2,1H3,(H,16,17). The molecule has 1 aromatic heterocycles. The van der Waals surface area contributed by atoms with Crippen LogP contribution in [0.3, 0.4) is 0 Å². The Hall–Kier alpha value is -2.43. The molecule has 5 heteroatoms. The van der Waals surface area contributed by atoms with E-state index in [0.29, 0.717) is 23.7 Å². The summed E-state index contributed by atoms with van der Waals surface area (Å²) in [5, 5.41) is 2.70. The quantitative estimate of drug-likeness (QED) is 0.804. The zero-order valence-electron chi connectivity index (χ0n) is 10.7. The molecule has 0 aliphatic heterocycles. The number of nitrogen functional groups attached to an aromatic ring is 1. The summed E-state index contributed by atoms with van der Waals surface area (Å²) < 4.78 is 10.5. The van der Waals surface area contributed by atoms with Gasteiger partial charge in [0.2, 0.25) is 0 Å². The Kier molecular flexibility index (Phi) is 4.07. The third-order valence-electron chi connectivity index (χ3n) is 2.60. The first-order valence-corrected chi connectivity index (χ1v) is 5.93. The Morgan fingerprint density at radius 2 is 2.26 bits per heavy atom. The maximum atomic E-state index is 11.6. The lowest BCUT2D eigenvalue weighted by atomic mass is 10.2. The Labute approximate surface area is 111 Å². The van der Waals surface area contributed by atoms with Gasteiger partial charge in [-0.25, -0.2) is 0 Å². The van der Waals surface area contributed by atoms with Gasteiger partial charge in [-0.2, -0.15) is 0 Å². The van der Waals surface area contributed by atoms with Crippen molar-refractivity contribution in [2.24, 2.45) is 0 Å². The number of hydrogen-bond donors (Lipinski definition) is 2. The maximum Gasteiger partial charge on any atom is 0.258 e. The number of rotatable bonds is 5. The van der Waals surface area contributed by atoms with Crippen LogP contribution in [0.4, 0.5) is 5.69 Å². The summed E-state index contributed by atoms with van der Waals surface area (Å²) >= 11 is 0. The molecule has 100 valence electrons. The molecule has 5 nitrogen and oxygen atoms in total. The van der Waals surface area contributed by atoms with Gasteiger partial charge >= 0.3 is 0 Å². The van der Waals surface area contributed by atoms with Gasteiger partial charge in [0.15, 0.2) is 6.61 Å². The highest BCUT2D eigenvalue weighted by Crippen LogP contribution is 2.19. The van der Waals surface area contributed by atoms with E-state index in [1.807, 2.05) is 6.92 Å². The molecule has 2 rings (SSSR count). The van der Waals surface area contributed by atoms with Crippen molar-refractivity contribution in [2.45, 2.75) is 13.5 Å². The van der Waals surface area contributed by atoms with E-state index < -0.39 is 0 Å². The van der Waals surface area contributed by atoms with E-state index in [-0.39, 0.29) is 12.5 Å². The molecule has 1 amide bonds. The van der Waals surface area contributed by atoms with Gasteiger partial charge in [0.1, 0.15) is 11.5 Å². The number of benzene rings is 1. The number of aryl methyl sites for hydroxylation is 1. The van der Waals surface area contributed by atoms with Crippen LogP contribution in [0.2, 0.25) is 0 Å². The normalized spacial score (nSPS) is 10.2. The number of carbonyl (C=O) groups excluding carboxylic acids is 1. The third kappa shape index (κ3) is 3.77. The van der Waals surface area contributed by atoms with Crippen LogP contribution < -0.4 is 15.8 Å². The zero-order chi connectivity index (χ0) is 13.7. The van der Waals surface area contributed by atoms with E-state index in [1.165, 1.54) is 0 Å².